The standard InChI is InChI=1S/C13H16N4O2/c1-17-7-6-12(16-17)15-13(19)11(14)8-9-2-4-10(18)5-3-9/h2-7,11,18H,8,14H2,1H3,(H,15,16,19). The molecule has 1 amide bonds. The summed E-state index contributed by atoms with van der Waals surface area (Å²) in [6, 6.07) is 7.65. The lowest BCUT2D eigenvalue weighted by Crippen LogP contribution is -2.37. The minimum atomic E-state index is -0.661. The van der Waals surface area contributed by atoms with Gasteiger partial charge in [0, 0.05) is 19.3 Å². The van der Waals surface area contributed by atoms with Crippen molar-refractivity contribution < 1.29 is 9.90 Å². The molecule has 0 aliphatic carbocycles. The van der Waals surface area contributed by atoms with Crippen molar-refractivity contribution in [2.45, 2.75) is 12.5 Å². The van der Waals surface area contributed by atoms with Gasteiger partial charge in [-0.3, -0.25) is 9.48 Å². The summed E-state index contributed by atoms with van der Waals surface area (Å²) in [7, 11) is 1.77. The summed E-state index contributed by atoms with van der Waals surface area (Å²) in [4.78, 5) is 11.9. The van der Waals surface area contributed by atoms with Gasteiger partial charge < -0.3 is 16.2 Å². The van der Waals surface area contributed by atoms with E-state index in [0.29, 0.717) is 12.2 Å². The molecule has 2 rings (SSSR count). The predicted octanol–water partition coefficient (Wildman–Crippen LogP) is 0.634. The molecule has 6 nitrogen and oxygen atoms in total. The zero-order valence-electron chi connectivity index (χ0n) is 10.6. The second-order valence-corrected chi connectivity index (χ2v) is 4.34. The topological polar surface area (TPSA) is 93.2 Å². The maximum Gasteiger partial charge on any atom is 0.242 e. The summed E-state index contributed by atoms with van der Waals surface area (Å²) >= 11 is 0. The van der Waals surface area contributed by atoms with E-state index in [2.05, 4.69) is 10.4 Å². The maximum absolute atomic E-state index is 11.9. The number of nitrogens with two attached hydrogens (primary N) is 1. The van der Waals surface area contributed by atoms with Crippen LogP contribution in [0.2, 0.25) is 0 Å². The summed E-state index contributed by atoms with van der Waals surface area (Å²) in [5.41, 5.74) is 6.72. The molecule has 0 fully saturated rings. The molecule has 6 heteroatoms. The first-order chi connectivity index (χ1) is 9.04. The number of anilines is 1. The Bertz CT molecular complexity index is 562. The Balaban J connectivity index is 1.94. The Morgan fingerprint density at radius 2 is 2.11 bits per heavy atom. The number of aromatic hydroxyl groups is 1. The van der Waals surface area contributed by atoms with E-state index in [0.717, 1.165) is 5.56 Å². The number of nitrogens with one attached hydrogen (secondary N) is 1. The van der Waals surface area contributed by atoms with Crippen molar-refractivity contribution in [1.29, 1.82) is 0 Å². The molecule has 0 aliphatic heterocycles. The monoisotopic (exact) mass is 260 g/mol. The number of aryl methyl sites for hydroxylation is 1. The lowest BCUT2D eigenvalue weighted by molar-refractivity contribution is -0.117. The number of nitrogens with zero attached hydrogens (tertiary/aromatic N) is 2. The number of phenolic OH excluding ortho intramolecular Hbond substituents is 1. The van der Waals surface area contributed by atoms with Crippen LogP contribution in [-0.2, 0) is 18.3 Å². The quantitative estimate of drug-likeness (QED) is 0.751. The summed E-state index contributed by atoms with van der Waals surface area (Å²) in [6.07, 6.45) is 2.14. The molecule has 1 heterocycles. The average molecular weight is 260 g/mol. The molecular weight excluding hydrogens is 244 g/mol. The van der Waals surface area contributed by atoms with E-state index in [4.69, 9.17) is 5.73 Å². The van der Waals surface area contributed by atoms with Crippen molar-refractivity contribution in [3.05, 3.63) is 42.1 Å². The van der Waals surface area contributed by atoms with Crippen LogP contribution >= 0.6 is 0 Å². The van der Waals surface area contributed by atoms with E-state index in [1.165, 1.54) is 0 Å². The first-order valence-electron chi connectivity index (χ1n) is 5.88. The first-order valence-corrected chi connectivity index (χ1v) is 5.88. The average Bonchev–Trinajstić information content (AvgIpc) is 2.77. The summed E-state index contributed by atoms with van der Waals surface area (Å²) in [6.45, 7) is 0. The molecule has 0 saturated carbocycles. The third-order valence-electron chi connectivity index (χ3n) is 2.69. The van der Waals surface area contributed by atoms with Crippen LogP contribution < -0.4 is 11.1 Å². The highest BCUT2D eigenvalue weighted by Gasteiger charge is 2.15. The molecule has 0 radical (unpaired) electrons. The summed E-state index contributed by atoms with van der Waals surface area (Å²) in [5.74, 6) is 0.385. The van der Waals surface area contributed by atoms with Crippen molar-refractivity contribution in [1.82, 2.24) is 9.78 Å². The van der Waals surface area contributed by atoms with Crippen LogP contribution in [0.15, 0.2) is 36.5 Å². The van der Waals surface area contributed by atoms with Gasteiger partial charge in [0.2, 0.25) is 5.91 Å². The Kier molecular flexibility index (Phi) is 3.82. The molecule has 0 aliphatic rings. The molecule has 100 valence electrons. The summed E-state index contributed by atoms with van der Waals surface area (Å²) in [5, 5.41) is 15.9. The number of rotatable bonds is 4. The summed E-state index contributed by atoms with van der Waals surface area (Å²) < 4.78 is 1.60. The van der Waals surface area contributed by atoms with Crippen molar-refractivity contribution in [3.8, 4) is 5.75 Å². The predicted molar refractivity (Wildman–Crippen MR) is 71.6 cm³/mol. The Morgan fingerprint density at radius 1 is 1.42 bits per heavy atom. The highest BCUT2D eigenvalue weighted by atomic mass is 16.3. The molecule has 0 saturated heterocycles. The zero-order chi connectivity index (χ0) is 13.8. The maximum atomic E-state index is 11.9. The van der Waals surface area contributed by atoms with Crippen molar-refractivity contribution in [2.24, 2.45) is 12.8 Å². The first kappa shape index (κ1) is 13.1. The van der Waals surface area contributed by atoms with Gasteiger partial charge in [-0.05, 0) is 24.1 Å². The van der Waals surface area contributed by atoms with E-state index in [1.807, 2.05) is 0 Å². The lowest BCUT2D eigenvalue weighted by atomic mass is 10.1. The third-order valence-corrected chi connectivity index (χ3v) is 2.69. The van der Waals surface area contributed by atoms with Crippen LogP contribution in [0.25, 0.3) is 0 Å². The van der Waals surface area contributed by atoms with Gasteiger partial charge in [0.1, 0.15) is 5.75 Å². The van der Waals surface area contributed by atoms with Gasteiger partial charge in [-0.15, -0.1) is 0 Å². The molecule has 0 bridgehead atoms. The number of hydrogen-bond acceptors (Lipinski definition) is 4. The second-order valence-electron chi connectivity index (χ2n) is 4.34. The number of carbonyl (C=O) groups is 1. The fraction of sp³-hybridized carbons (Fsp3) is 0.231. The Morgan fingerprint density at radius 3 is 2.68 bits per heavy atom. The number of aromatic nitrogens is 2. The largest absolute Gasteiger partial charge is 0.508 e. The third kappa shape index (κ3) is 3.56. The molecule has 19 heavy (non-hydrogen) atoms. The minimum Gasteiger partial charge on any atom is -0.508 e. The smallest absolute Gasteiger partial charge is 0.242 e. The van der Waals surface area contributed by atoms with Crippen LogP contribution in [0.5, 0.6) is 5.75 Å². The lowest BCUT2D eigenvalue weighted by Gasteiger charge is -2.11. The fourth-order valence-electron chi connectivity index (χ4n) is 1.68. The Hall–Kier alpha value is -2.34. The molecule has 2 aromatic rings. The number of phenols is 1. The highest BCUT2D eigenvalue weighted by molar-refractivity contribution is 5.94. The Labute approximate surface area is 110 Å². The molecule has 4 N–H and O–H groups in total. The number of benzene rings is 1. The highest BCUT2D eigenvalue weighted by Crippen LogP contribution is 2.11. The van der Waals surface area contributed by atoms with Gasteiger partial charge in [0.15, 0.2) is 5.82 Å². The van der Waals surface area contributed by atoms with Crippen molar-refractivity contribution >= 4 is 11.7 Å². The molecular formula is C13H16N4O2. The van der Waals surface area contributed by atoms with Crippen LogP contribution in [0.4, 0.5) is 5.82 Å². The van der Waals surface area contributed by atoms with Gasteiger partial charge in [0.25, 0.3) is 0 Å². The SMILES string of the molecule is Cn1ccc(NC(=O)C(N)Cc2ccc(O)cc2)n1. The fourth-order valence-corrected chi connectivity index (χ4v) is 1.68. The zero-order valence-corrected chi connectivity index (χ0v) is 10.6. The van der Waals surface area contributed by atoms with Gasteiger partial charge in [-0.25, -0.2) is 0 Å². The van der Waals surface area contributed by atoms with Gasteiger partial charge in [0.05, 0.1) is 6.04 Å². The van der Waals surface area contributed by atoms with E-state index >= 15 is 0 Å². The van der Waals surface area contributed by atoms with E-state index in [1.54, 1.807) is 48.3 Å². The van der Waals surface area contributed by atoms with E-state index in [9.17, 15) is 9.90 Å². The number of hydrogen-bond donors (Lipinski definition) is 3. The molecule has 1 unspecified atom stereocenters. The molecule has 1 aromatic carbocycles. The minimum absolute atomic E-state index is 0.190. The van der Waals surface area contributed by atoms with E-state index < -0.39 is 6.04 Å². The van der Waals surface area contributed by atoms with Gasteiger partial charge in [-0.1, -0.05) is 12.1 Å². The number of amides is 1. The number of carbonyl (C=O) groups excluding carboxylic acids is 1. The molecule has 1 atom stereocenters. The van der Waals surface area contributed by atoms with Crippen LogP contribution in [0.3, 0.4) is 0 Å². The molecule has 0 spiro atoms. The van der Waals surface area contributed by atoms with Gasteiger partial charge in [-0.2, -0.15) is 5.10 Å². The van der Waals surface area contributed by atoms with Crippen molar-refractivity contribution in [2.75, 3.05) is 5.32 Å². The molecule has 1 aromatic heterocycles. The van der Waals surface area contributed by atoms with Crippen LogP contribution in [-0.4, -0.2) is 26.8 Å². The van der Waals surface area contributed by atoms with Crippen LogP contribution in [0.1, 0.15) is 5.56 Å². The van der Waals surface area contributed by atoms with Crippen LogP contribution in [0, 0.1) is 0 Å². The van der Waals surface area contributed by atoms with Crippen molar-refractivity contribution in [3.63, 3.8) is 0 Å². The normalized spacial score (nSPS) is 12.1. The second kappa shape index (κ2) is 5.53. The van der Waals surface area contributed by atoms with Gasteiger partial charge >= 0.3 is 0 Å². The van der Waals surface area contributed by atoms with E-state index in [-0.39, 0.29) is 11.7 Å².